The Balaban J connectivity index is 2.93. The molecule has 0 fully saturated rings. The Morgan fingerprint density at radius 3 is 2.22 bits per heavy atom. The predicted molar refractivity (Wildman–Crippen MR) is 85.3 cm³/mol. The van der Waals surface area contributed by atoms with Gasteiger partial charge in [-0.1, -0.05) is 32.1 Å². The third-order valence-electron chi connectivity index (χ3n) is 2.82. The van der Waals surface area contributed by atoms with Crippen LogP contribution in [0.3, 0.4) is 0 Å². The van der Waals surface area contributed by atoms with Crippen molar-refractivity contribution in [3.63, 3.8) is 0 Å². The predicted octanol–water partition coefficient (Wildman–Crippen LogP) is 4.93. The molecule has 0 heterocycles. The lowest BCUT2D eigenvalue weighted by molar-refractivity contribution is 0.300. The molecule has 0 aliphatic rings. The maximum atomic E-state index is 4.31. The number of rotatable bonds is 4. The van der Waals surface area contributed by atoms with Crippen LogP contribution in [0, 0.1) is 3.57 Å². The van der Waals surface area contributed by atoms with Crippen LogP contribution in [0.5, 0.6) is 0 Å². The first-order valence-corrected chi connectivity index (χ1v) is 7.43. The van der Waals surface area contributed by atoms with Crippen molar-refractivity contribution in [2.75, 3.05) is 13.1 Å². The normalized spacial score (nSPS) is 12.1. The van der Waals surface area contributed by atoms with E-state index >= 15 is 0 Å². The molecule has 1 aromatic carbocycles. The van der Waals surface area contributed by atoms with Gasteiger partial charge in [0, 0.05) is 16.7 Å². The van der Waals surface area contributed by atoms with E-state index in [1.807, 2.05) is 5.01 Å². The van der Waals surface area contributed by atoms with E-state index in [0.717, 1.165) is 22.3 Å². The highest BCUT2D eigenvalue weighted by Gasteiger charge is 2.14. The van der Waals surface area contributed by atoms with Gasteiger partial charge in [0.2, 0.25) is 0 Å². The minimum atomic E-state index is 0.175. The average Bonchev–Trinajstić information content (AvgIpc) is 2.30. The van der Waals surface area contributed by atoms with E-state index in [4.69, 9.17) is 0 Å². The summed E-state index contributed by atoms with van der Waals surface area (Å²) in [6, 6.07) is 6.38. The number of nitrogens with zero attached hydrogens (tertiary/aromatic N) is 3. The molecule has 0 amide bonds. The lowest BCUT2D eigenvalue weighted by Crippen LogP contribution is -2.14. The summed E-state index contributed by atoms with van der Waals surface area (Å²) < 4.78 is 1.15. The minimum absolute atomic E-state index is 0.175. The van der Waals surface area contributed by atoms with Crippen molar-refractivity contribution in [3.05, 3.63) is 27.3 Å². The molecule has 0 aromatic heterocycles. The smallest absolute Gasteiger partial charge is 0.101 e. The molecule has 0 radical (unpaired) electrons. The molecule has 0 aliphatic heterocycles. The lowest BCUT2D eigenvalue weighted by Gasteiger charge is -2.19. The third-order valence-corrected chi connectivity index (χ3v) is 3.69. The number of benzene rings is 1. The second-order valence-electron chi connectivity index (χ2n) is 5.24. The van der Waals surface area contributed by atoms with E-state index in [9.17, 15) is 0 Å². The van der Waals surface area contributed by atoms with Gasteiger partial charge in [-0.2, -0.15) is 0 Å². The summed E-state index contributed by atoms with van der Waals surface area (Å²) in [5, 5.41) is 10.5. The second-order valence-corrected chi connectivity index (χ2v) is 6.41. The largest absolute Gasteiger partial charge is 0.279 e. The van der Waals surface area contributed by atoms with E-state index in [0.29, 0.717) is 0 Å². The fraction of sp³-hybridized carbons (Fsp3) is 0.571. The molecule has 4 heteroatoms. The second kappa shape index (κ2) is 6.50. The SMILES string of the molecule is CCN(CC)N=Nc1ccc(C(C)(C)C)cc1I. The summed E-state index contributed by atoms with van der Waals surface area (Å²) in [4.78, 5) is 0. The van der Waals surface area contributed by atoms with Crippen molar-refractivity contribution < 1.29 is 0 Å². The fourth-order valence-electron chi connectivity index (χ4n) is 1.52. The van der Waals surface area contributed by atoms with Gasteiger partial charge in [-0.3, -0.25) is 5.01 Å². The quantitative estimate of drug-likeness (QED) is 0.426. The first-order chi connectivity index (χ1) is 8.38. The Bertz CT molecular complexity index is 418. The Labute approximate surface area is 124 Å². The summed E-state index contributed by atoms with van der Waals surface area (Å²) >= 11 is 2.32. The standard InChI is InChI=1S/C14H22IN3/c1-6-18(7-2)17-16-13-9-8-11(10-12(13)15)14(3,4)5/h8-10H,6-7H2,1-5H3. The first-order valence-electron chi connectivity index (χ1n) is 6.35. The minimum Gasteiger partial charge on any atom is -0.279 e. The van der Waals surface area contributed by atoms with Crippen molar-refractivity contribution in [2.45, 2.75) is 40.0 Å². The Morgan fingerprint density at radius 1 is 1.17 bits per heavy atom. The summed E-state index contributed by atoms with van der Waals surface area (Å²) in [6.07, 6.45) is 0. The third kappa shape index (κ3) is 4.23. The highest BCUT2D eigenvalue weighted by Crippen LogP contribution is 2.29. The van der Waals surface area contributed by atoms with Gasteiger partial charge in [-0.15, -0.1) is 5.11 Å². The molecule has 1 rings (SSSR count). The van der Waals surface area contributed by atoms with Gasteiger partial charge in [0.25, 0.3) is 0 Å². The lowest BCUT2D eigenvalue weighted by atomic mass is 9.87. The van der Waals surface area contributed by atoms with Gasteiger partial charge in [0.1, 0.15) is 5.69 Å². The monoisotopic (exact) mass is 359 g/mol. The Kier molecular flexibility index (Phi) is 5.56. The maximum Gasteiger partial charge on any atom is 0.101 e. The van der Waals surface area contributed by atoms with Crippen LogP contribution in [0.1, 0.15) is 40.2 Å². The Morgan fingerprint density at radius 2 is 1.78 bits per heavy atom. The number of hydrogen-bond donors (Lipinski definition) is 0. The molecule has 0 aliphatic carbocycles. The van der Waals surface area contributed by atoms with Crippen molar-refractivity contribution in [3.8, 4) is 0 Å². The molecule has 0 atom stereocenters. The molecule has 0 bridgehead atoms. The van der Waals surface area contributed by atoms with Crippen LogP contribution in [0.4, 0.5) is 5.69 Å². The first kappa shape index (κ1) is 15.4. The summed E-state index contributed by atoms with van der Waals surface area (Å²) in [5.41, 5.74) is 2.44. The van der Waals surface area contributed by atoms with Crippen molar-refractivity contribution in [2.24, 2.45) is 10.3 Å². The van der Waals surface area contributed by atoms with Gasteiger partial charge >= 0.3 is 0 Å². The molecule has 18 heavy (non-hydrogen) atoms. The van der Waals surface area contributed by atoms with Crippen LogP contribution >= 0.6 is 22.6 Å². The average molecular weight is 359 g/mol. The number of halogens is 1. The zero-order chi connectivity index (χ0) is 13.8. The molecule has 0 unspecified atom stereocenters. The van der Waals surface area contributed by atoms with Crippen LogP contribution in [-0.4, -0.2) is 18.1 Å². The van der Waals surface area contributed by atoms with Gasteiger partial charge < -0.3 is 0 Å². The highest BCUT2D eigenvalue weighted by molar-refractivity contribution is 14.1. The van der Waals surface area contributed by atoms with Gasteiger partial charge in [-0.25, -0.2) is 0 Å². The molecule has 0 N–H and O–H groups in total. The van der Waals surface area contributed by atoms with Crippen LogP contribution in [0.15, 0.2) is 28.5 Å². The zero-order valence-electron chi connectivity index (χ0n) is 11.9. The van der Waals surface area contributed by atoms with E-state index in [1.54, 1.807) is 0 Å². The fourth-order valence-corrected chi connectivity index (χ4v) is 2.14. The van der Waals surface area contributed by atoms with E-state index in [1.165, 1.54) is 5.56 Å². The Hall–Kier alpha value is -0.650. The van der Waals surface area contributed by atoms with Crippen LogP contribution < -0.4 is 0 Å². The van der Waals surface area contributed by atoms with Crippen molar-refractivity contribution >= 4 is 28.3 Å². The summed E-state index contributed by atoms with van der Waals surface area (Å²) in [5.74, 6) is 0. The van der Waals surface area contributed by atoms with Crippen molar-refractivity contribution in [1.29, 1.82) is 0 Å². The van der Waals surface area contributed by atoms with E-state index in [2.05, 4.69) is 85.7 Å². The van der Waals surface area contributed by atoms with Crippen LogP contribution in [0.2, 0.25) is 0 Å². The molecule has 0 saturated heterocycles. The topological polar surface area (TPSA) is 28.0 Å². The van der Waals surface area contributed by atoms with E-state index < -0.39 is 0 Å². The number of hydrogen-bond acceptors (Lipinski definition) is 2. The maximum absolute atomic E-state index is 4.31. The molecule has 0 spiro atoms. The zero-order valence-corrected chi connectivity index (χ0v) is 14.0. The van der Waals surface area contributed by atoms with Gasteiger partial charge in [0.05, 0.1) is 0 Å². The molecule has 1 aromatic rings. The summed E-state index contributed by atoms with van der Waals surface area (Å²) in [6.45, 7) is 12.6. The molecular formula is C14H22IN3. The molecule has 0 saturated carbocycles. The van der Waals surface area contributed by atoms with Gasteiger partial charge in [-0.05, 0) is 59.5 Å². The molecule has 3 nitrogen and oxygen atoms in total. The van der Waals surface area contributed by atoms with Crippen molar-refractivity contribution in [1.82, 2.24) is 5.01 Å². The molecule has 100 valence electrons. The highest BCUT2D eigenvalue weighted by atomic mass is 127. The van der Waals surface area contributed by atoms with Gasteiger partial charge in [0.15, 0.2) is 0 Å². The van der Waals surface area contributed by atoms with E-state index in [-0.39, 0.29) is 5.41 Å². The van der Waals surface area contributed by atoms with Crippen LogP contribution in [-0.2, 0) is 5.41 Å². The van der Waals surface area contributed by atoms with Crippen LogP contribution in [0.25, 0.3) is 0 Å². The molecular weight excluding hydrogens is 337 g/mol. The summed E-state index contributed by atoms with van der Waals surface area (Å²) in [7, 11) is 0.